The molecule has 0 saturated heterocycles. The summed E-state index contributed by atoms with van der Waals surface area (Å²) in [7, 11) is 0. The number of rotatable bonds is 4. The summed E-state index contributed by atoms with van der Waals surface area (Å²) in [6.07, 6.45) is -12.8. The Morgan fingerprint density at radius 1 is 0.708 bits per heavy atom. The Bertz CT molecular complexity index is 634. The lowest BCUT2D eigenvalue weighted by molar-refractivity contribution is -0.399. The van der Waals surface area contributed by atoms with Gasteiger partial charge in [0.25, 0.3) is 5.60 Å². The van der Waals surface area contributed by atoms with Gasteiger partial charge in [0, 0.05) is 5.56 Å². The summed E-state index contributed by atoms with van der Waals surface area (Å²) >= 11 is 0. The first-order chi connectivity index (χ1) is 11.1. The van der Waals surface area contributed by atoms with Gasteiger partial charge in [0.2, 0.25) is 0 Å². The molecule has 0 spiro atoms. The smallest absolute Gasteiger partial charge is 0.346 e. The molecule has 0 aliphatic rings. The minimum Gasteiger partial charge on any atom is -0.346 e. The number of benzene rings is 2. The summed E-state index contributed by atoms with van der Waals surface area (Å²) in [5.74, 6) is 0. The summed E-state index contributed by atoms with van der Waals surface area (Å²) in [5, 5.41) is 0. The van der Waals surface area contributed by atoms with E-state index in [-0.39, 0.29) is 5.56 Å². The van der Waals surface area contributed by atoms with E-state index < -0.39 is 29.6 Å². The second kappa shape index (κ2) is 6.47. The van der Waals surface area contributed by atoms with Crippen molar-refractivity contribution >= 4 is 0 Å². The molecular weight excluding hydrogens is 334 g/mol. The van der Waals surface area contributed by atoms with Crippen molar-refractivity contribution in [2.45, 2.75) is 31.0 Å². The van der Waals surface area contributed by atoms with Crippen LogP contribution in [-0.2, 0) is 10.3 Å². The zero-order valence-electron chi connectivity index (χ0n) is 12.5. The Balaban J connectivity index is 2.58. The van der Waals surface area contributed by atoms with Gasteiger partial charge in [0.05, 0.1) is 6.10 Å². The van der Waals surface area contributed by atoms with E-state index in [1.807, 2.05) is 0 Å². The highest BCUT2D eigenvalue weighted by atomic mass is 19.4. The predicted octanol–water partition coefficient (Wildman–Crippen LogP) is 5.78. The highest BCUT2D eigenvalue weighted by Crippen LogP contribution is 2.54. The molecule has 0 heterocycles. The minimum absolute atomic E-state index is 0.214. The van der Waals surface area contributed by atoms with Crippen LogP contribution in [0.1, 0.15) is 24.2 Å². The Morgan fingerprint density at radius 3 is 1.54 bits per heavy atom. The van der Waals surface area contributed by atoms with E-state index in [9.17, 15) is 26.3 Å². The molecular formula is C17H14F6O. The minimum atomic E-state index is -5.68. The fourth-order valence-corrected chi connectivity index (χ4v) is 2.42. The lowest BCUT2D eigenvalue weighted by atomic mass is 9.91. The maximum absolute atomic E-state index is 13.6. The van der Waals surface area contributed by atoms with Crippen LogP contribution >= 0.6 is 0 Å². The average Bonchev–Trinajstić information content (AvgIpc) is 2.51. The molecule has 1 atom stereocenters. The zero-order chi connectivity index (χ0) is 18.0. The van der Waals surface area contributed by atoms with Gasteiger partial charge in [-0.1, -0.05) is 60.7 Å². The molecule has 0 fully saturated rings. The van der Waals surface area contributed by atoms with Crippen LogP contribution in [-0.4, -0.2) is 12.4 Å². The molecule has 0 aliphatic carbocycles. The standard InChI is InChI=1S/C17H14F6O/c1-12(13-8-4-2-5-9-13)24-15(16(18,19)20,17(21,22)23)14-10-6-3-7-11-14/h2-12H,1H3. The van der Waals surface area contributed by atoms with Gasteiger partial charge in [0.1, 0.15) is 0 Å². The molecule has 2 aromatic carbocycles. The Hall–Kier alpha value is -2.02. The number of hydrogen-bond donors (Lipinski definition) is 0. The molecule has 0 radical (unpaired) electrons. The highest BCUT2D eigenvalue weighted by Gasteiger charge is 2.73. The molecule has 0 amide bonds. The lowest BCUT2D eigenvalue weighted by Gasteiger charge is -2.39. The maximum atomic E-state index is 13.6. The third-order valence-electron chi connectivity index (χ3n) is 3.60. The van der Waals surface area contributed by atoms with Crippen LogP contribution in [0.25, 0.3) is 0 Å². The van der Waals surface area contributed by atoms with Crippen molar-refractivity contribution in [2.24, 2.45) is 0 Å². The fraction of sp³-hybridized carbons (Fsp3) is 0.294. The zero-order valence-corrected chi connectivity index (χ0v) is 12.5. The third kappa shape index (κ3) is 3.26. The van der Waals surface area contributed by atoms with Gasteiger partial charge in [-0.25, -0.2) is 0 Å². The fourth-order valence-electron chi connectivity index (χ4n) is 2.42. The number of alkyl halides is 6. The monoisotopic (exact) mass is 348 g/mol. The third-order valence-corrected chi connectivity index (χ3v) is 3.60. The second-order valence-electron chi connectivity index (χ2n) is 5.21. The maximum Gasteiger partial charge on any atom is 0.430 e. The van der Waals surface area contributed by atoms with E-state index in [1.165, 1.54) is 30.3 Å². The quantitative estimate of drug-likeness (QED) is 0.636. The van der Waals surface area contributed by atoms with Crippen LogP contribution in [0.3, 0.4) is 0 Å². The van der Waals surface area contributed by atoms with Crippen molar-refractivity contribution < 1.29 is 31.1 Å². The van der Waals surface area contributed by atoms with Gasteiger partial charge < -0.3 is 4.74 Å². The molecule has 130 valence electrons. The Kier molecular flexibility index (Phi) is 4.94. The molecule has 0 bridgehead atoms. The van der Waals surface area contributed by atoms with E-state index in [4.69, 9.17) is 0 Å². The summed E-state index contributed by atoms with van der Waals surface area (Å²) in [4.78, 5) is 0. The van der Waals surface area contributed by atoms with Gasteiger partial charge in [-0.15, -0.1) is 0 Å². The first-order valence-corrected chi connectivity index (χ1v) is 7.01. The van der Waals surface area contributed by atoms with Gasteiger partial charge in [-0.3, -0.25) is 0 Å². The highest BCUT2D eigenvalue weighted by molar-refractivity contribution is 5.28. The largest absolute Gasteiger partial charge is 0.430 e. The van der Waals surface area contributed by atoms with Crippen LogP contribution in [0.4, 0.5) is 26.3 Å². The van der Waals surface area contributed by atoms with Gasteiger partial charge >= 0.3 is 12.4 Å². The van der Waals surface area contributed by atoms with Crippen LogP contribution in [0.5, 0.6) is 0 Å². The summed E-state index contributed by atoms with van der Waals surface area (Å²) in [6.45, 7) is 1.16. The molecule has 0 saturated carbocycles. The van der Waals surface area contributed by atoms with Crippen LogP contribution in [0.15, 0.2) is 60.7 Å². The van der Waals surface area contributed by atoms with E-state index in [0.717, 1.165) is 31.2 Å². The van der Waals surface area contributed by atoms with Gasteiger partial charge in [0.15, 0.2) is 0 Å². The summed E-state index contributed by atoms with van der Waals surface area (Å²) in [5.41, 5.74) is -5.20. The van der Waals surface area contributed by atoms with Gasteiger partial charge in [-0.05, 0) is 12.5 Å². The van der Waals surface area contributed by atoms with Crippen molar-refractivity contribution in [3.63, 3.8) is 0 Å². The molecule has 2 aromatic rings. The first kappa shape index (κ1) is 18.3. The average molecular weight is 348 g/mol. The molecule has 0 aromatic heterocycles. The number of ether oxygens (including phenoxy) is 1. The van der Waals surface area contributed by atoms with E-state index >= 15 is 0 Å². The molecule has 7 heteroatoms. The number of hydrogen-bond acceptors (Lipinski definition) is 1. The van der Waals surface area contributed by atoms with Crippen molar-refractivity contribution in [1.82, 2.24) is 0 Å². The van der Waals surface area contributed by atoms with Crippen molar-refractivity contribution in [3.8, 4) is 0 Å². The lowest BCUT2D eigenvalue weighted by Crippen LogP contribution is -2.56. The SMILES string of the molecule is CC(OC(c1ccccc1)(C(F)(F)F)C(F)(F)F)c1ccccc1. The Morgan fingerprint density at radius 2 is 1.12 bits per heavy atom. The molecule has 2 rings (SSSR count). The molecule has 0 aliphatic heterocycles. The molecule has 24 heavy (non-hydrogen) atoms. The van der Waals surface area contributed by atoms with Crippen molar-refractivity contribution in [1.29, 1.82) is 0 Å². The second-order valence-corrected chi connectivity index (χ2v) is 5.21. The molecule has 0 N–H and O–H groups in total. The van der Waals surface area contributed by atoms with E-state index in [0.29, 0.717) is 0 Å². The topological polar surface area (TPSA) is 9.23 Å². The number of halogens is 6. The Labute approximate surface area is 134 Å². The molecule has 1 unspecified atom stereocenters. The summed E-state index contributed by atoms with van der Waals surface area (Å²) < 4.78 is 86.2. The van der Waals surface area contributed by atoms with Crippen LogP contribution in [0, 0.1) is 0 Å². The van der Waals surface area contributed by atoms with Gasteiger partial charge in [-0.2, -0.15) is 26.3 Å². The van der Waals surface area contributed by atoms with Crippen molar-refractivity contribution in [3.05, 3.63) is 71.8 Å². The first-order valence-electron chi connectivity index (χ1n) is 7.01. The normalized spacial score (nSPS) is 14.5. The summed E-state index contributed by atoms with van der Waals surface area (Å²) in [6, 6.07) is 12.5. The van der Waals surface area contributed by atoms with Crippen LogP contribution < -0.4 is 0 Å². The molecule has 1 nitrogen and oxygen atoms in total. The van der Waals surface area contributed by atoms with E-state index in [2.05, 4.69) is 4.74 Å². The van der Waals surface area contributed by atoms with E-state index in [1.54, 1.807) is 6.07 Å². The van der Waals surface area contributed by atoms with Crippen LogP contribution in [0.2, 0.25) is 0 Å². The predicted molar refractivity (Wildman–Crippen MR) is 76.2 cm³/mol. The van der Waals surface area contributed by atoms with Crippen molar-refractivity contribution in [2.75, 3.05) is 0 Å².